The molecule has 0 atom stereocenters. The number of rotatable bonds is 4. The van der Waals surface area contributed by atoms with Crippen molar-refractivity contribution in [2.75, 3.05) is 18.4 Å². The number of aromatic nitrogens is 4. The van der Waals surface area contributed by atoms with Gasteiger partial charge in [0, 0.05) is 32.1 Å². The molecule has 1 N–H and O–H groups in total. The van der Waals surface area contributed by atoms with Crippen LogP contribution in [0.1, 0.15) is 23.2 Å². The van der Waals surface area contributed by atoms with Gasteiger partial charge < -0.3 is 0 Å². The Hall–Kier alpha value is -2.13. The lowest BCUT2D eigenvalue weighted by Crippen LogP contribution is -2.39. The maximum Gasteiger partial charge on any atom is 0.267 e. The minimum atomic E-state index is -0.126. The molecule has 2 aromatic rings. The van der Waals surface area contributed by atoms with Gasteiger partial charge >= 0.3 is 0 Å². The highest BCUT2D eigenvalue weighted by molar-refractivity contribution is 7.15. The van der Waals surface area contributed by atoms with Crippen molar-refractivity contribution < 1.29 is 4.79 Å². The average Bonchev–Trinajstić information content (AvgIpc) is 2.91. The molecule has 1 aliphatic heterocycles. The molecule has 23 heavy (non-hydrogen) atoms. The number of anilines is 1. The van der Waals surface area contributed by atoms with Gasteiger partial charge in [-0.3, -0.25) is 19.8 Å². The fourth-order valence-electron chi connectivity index (χ4n) is 2.57. The lowest BCUT2D eigenvalue weighted by molar-refractivity contribution is -0.117. The third-order valence-corrected chi connectivity index (χ3v) is 4.42. The van der Waals surface area contributed by atoms with Crippen molar-refractivity contribution in [3.63, 3.8) is 0 Å². The lowest BCUT2D eigenvalue weighted by atomic mass is 10.1. The lowest BCUT2D eigenvalue weighted by Gasteiger charge is -2.27. The molecule has 0 bridgehead atoms. The van der Waals surface area contributed by atoms with Gasteiger partial charge in [-0.05, 0) is 19.4 Å². The predicted octanol–water partition coefficient (Wildman–Crippen LogP) is 0.420. The van der Waals surface area contributed by atoms with E-state index < -0.39 is 0 Å². The summed E-state index contributed by atoms with van der Waals surface area (Å²) >= 11 is 1.35. The van der Waals surface area contributed by atoms with Gasteiger partial charge in [0.05, 0.1) is 12.2 Å². The van der Waals surface area contributed by atoms with E-state index in [0.717, 1.165) is 29.2 Å². The van der Waals surface area contributed by atoms with E-state index in [1.807, 2.05) is 18.7 Å². The van der Waals surface area contributed by atoms with E-state index in [2.05, 4.69) is 20.6 Å². The minimum Gasteiger partial charge on any atom is -0.299 e. The Labute approximate surface area is 137 Å². The summed E-state index contributed by atoms with van der Waals surface area (Å²) in [6, 6.07) is 1.63. The Kier molecular flexibility index (Phi) is 4.49. The molecule has 8 nitrogen and oxygen atoms in total. The van der Waals surface area contributed by atoms with E-state index in [4.69, 9.17) is 0 Å². The zero-order valence-corrected chi connectivity index (χ0v) is 13.9. The molecule has 3 heterocycles. The first-order valence-electron chi connectivity index (χ1n) is 7.47. The molecule has 0 saturated carbocycles. The summed E-state index contributed by atoms with van der Waals surface area (Å²) in [4.78, 5) is 26.0. The second kappa shape index (κ2) is 6.55. The van der Waals surface area contributed by atoms with E-state index in [0.29, 0.717) is 18.2 Å². The number of hydrogen-bond acceptors (Lipinski definition) is 7. The molecule has 0 fully saturated rings. The van der Waals surface area contributed by atoms with Crippen molar-refractivity contribution in [2.24, 2.45) is 0 Å². The van der Waals surface area contributed by atoms with Crippen LogP contribution in [0.4, 0.5) is 5.13 Å². The van der Waals surface area contributed by atoms with E-state index >= 15 is 0 Å². The Morgan fingerprint density at radius 3 is 2.96 bits per heavy atom. The third kappa shape index (κ3) is 3.62. The number of fused-ring (bicyclic) bond motifs is 1. The first-order valence-corrected chi connectivity index (χ1v) is 8.29. The number of amides is 1. The third-order valence-electron chi connectivity index (χ3n) is 3.66. The number of carbonyl (C=O) groups is 1. The fourth-order valence-corrected chi connectivity index (χ4v) is 3.18. The topological polar surface area (TPSA) is 93.0 Å². The zero-order chi connectivity index (χ0) is 16.4. The summed E-state index contributed by atoms with van der Waals surface area (Å²) in [7, 11) is 0. The molecule has 1 amide bonds. The average molecular weight is 334 g/mol. The molecule has 0 radical (unpaired) electrons. The molecular formula is C14H18N6O2S. The number of hydrogen-bond donors (Lipinski definition) is 1. The molecule has 3 rings (SSSR count). The second-order valence-corrected chi connectivity index (χ2v) is 6.59. The van der Waals surface area contributed by atoms with Gasteiger partial charge in [-0.15, -0.1) is 10.2 Å². The van der Waals surface area contributed by atoms with Crippen LogP contribution in [0, 0.1) is 6.92 Å². The van der Waals surface area contributed by atoms with Crippen molar-refractivity contribution in [3.05, 3.63) is 32.7 Å². The second-order valence-electron chi connectivity index (χ2n) is 5.41. The summed E-state index contributed by atoms with van der Waals surface area (Å²) in [5.41, 5.74) is 1.76. The highest BCUT2D eigenvalue weighted by atomic mass is 32.1. The standard InChI is InChI=1S/C14H18N6O2S/c1-3-20-13(22)6-10-7-19(5-4-11(10)18-20)8-12(21)15-14-17-16-9(2)23-14/h6H,3-5,7-8H2,1-2H3,(H,15,17,21). The van der Waals surface area contributed by atoms with Gasteiger partial charge in [-0.1, -0.05) is 11.3 Å². The first-order chi connectivity index (χ1) is 11.0. The Morgan fingerprint density at radius 1 is 1.43 bits per heavy atom. The molecule has 0 aliphatic carbocycles. The van der Waals surface area contributed by atoms with Gasteiger partial charge in [0.15, 0.2) is 0 Å². The van der Waals surface area contributed by atoms with Crippen LogP contribution in [0.5, 0.6) is 0 Å². The molecule has 2 aromatic heterocycles. The number of nitrogens with zero attached hydrogens (tertiary/aromatic N) is 5. The molecule has 9 heteroatoms. The van der Waals surface area contributed by atoms with Crippen LogP contribution < -0.4 is 10.9 Å². The van der Waals surface area contributed by atoms with E-state index in [1.54, 1.807) is 6.07 Å². The molecule has 0 spiro atoms. The zero-order valence-electron chi connectivity index (χ0n) is 13.1. The fraction of sp³-hybridized carbons (Fsp3) is 0.500. The summed E-state index contributed by atoms with van der Waals surface area (Å²) in [6.45, 7) is 5.87. The van der Waals surface area contributed by atoms with Crippen molar-refractivity contribution in [3.8, 4) is 0 Å². The van der Waals surface area contributed by atoms with E-state index in [1.165, 1.54) is 16.0 Å². The van der Waals surface area contributed by atoms with Crippen LogP contribution in [-0.4, -0.2) is 43.9 Å². The highest BCUT2D eigenvalue weighted by Gasteiger charge is 2.21. The molecule has 122 valence electrons. The predicted molar refractivity (Wildman–Crippen MR) is 86.4 cm³/mol. The summed E-state index contributed by atoms with van der Waals surface area (Å²) in [5.74, 6) is -0.126. The minimum absolute atomic E-state index is 0.0955. The molecule has 0 aromatic carbocycles. The van der Waals surface area contributed by atoms with Gasteiger partial charge in [-0.2, -0.15) is 5.10 Å². The molecule has 0 saturated heterocycles. The van der Waals surface area contributed by atoms with Crippen LogP contribution in [0.2, 0.25) is 0 Å². The summed E-state index contributed by atoms with van der Waals surface area (Å²) in [6.07, 6.45) is 0.737. The van der Waals surface area contributed by atoms with Gasteiger partial charge in [0.25, 0.3) is 5.56 Å². The van der Waals surface area contributed by atoms with Crippen molar-refractivity contribution in [1.82, 2.24) is 24.9 Å². The molecular weight excluding hydrogens is 316 g/mol. The van der Waals surface area contributed by atoms with Crippen LogP contribution >= 0.6 is 11.3 Å². The number of nitrogens with one attached hydrogen (secondary N) is 1. The van der Waals surface area contributed by atoms with Gasteiger partial charge in [-0.25, -0.2) is 4.68 Å². The Balaban J connectivity index is 1.64. The van der Waals surface area contributed by atoms with Crippen LogP contribution in [0.25, 0.3) is 0 Å². The van der Waals surface area contributed by atoms with Gasteiger partial charge in [0.2, 0.25) is 11.0 Å². The first kappa shape index (κ1) is 15.8. The highest BCUT2D eigenvalue weighted by Crippen LogP contribution is 2.16. The maximum absolute atomic E-state index is 12.1. The van der Waals surface area contributed by atoms with Crippen LogP contribution in [0.3, 0.4) is 0 Å². The number of aryl methyl sites for hydroxylation is 2. The van der Waals surface area contributed by atoms with Crippen molar-refractivity contribution in [1.29, 1.82) is 0 Å². The maximum atomic E-state index is 12.1. The largest absolute Gasteiger partial charge is 0.299 e. The number of carbonyl (C=O) groups excluding carboxylic acids is 1. The molecule has 0 unspecified atom stereocenters. The summed E-state index contributed by atoms with van der Waals surface area (Å²) < 4.78 is 1.47. The van der Waals surface area contributed by atoms with Crippen molar-refractivity contribution >= 4 is 22.4 Å². The van der Waals surface area contributed by atoms with E-state index in [-0.39, 0.29) is 18.0 Å². The van der Waals surface area contributed by atoms with Crippen molar-refractivity contribution in [2.45, 2.75) is 33.4 Å². The van der Waals surface area contributed by atoms with E-state index in [9.17, 15) is 9.59 Å². The van der Waals surface area contributed by atoms with Gasteiger partial charge in [0.1, 0.15) is 5.01 Å². The quantitative estimate of drug-likeness (QED) is 0.871. The Morgan fingerprint density at radius 2 is 2.26 bits per heavy atom. The Bertz CT molecular complexity index is 784. The normalized spacial score (nSPS) is 14.5. The SMILES string of the molecule is CCn1nc2c(cc1=O)CN(CC(=O)Nc1nnc(C)s1)CC2. The van der Waals surface area contributed by atoms with Crippen LogP contribution in [-0.2, 0) is 24.3 Å². The smallest absolute Gasteiger partial charge is 0.267 e. The monoisotopic (exact) mass is 334 g/mol. The molecule has 1 aliphatic rings. The van der Waals surface area contributed by atoms with Crippen LogP contribution in [0.15, 0.2) is 10.9 Å². The summed E-state index contributed by atoms with van der Waals surface area (Å²) in [5, 5.41) is 16.2.